The van der Waals surface area contributed by atoms with Crippen LogP contribution in [0.4, 0.5) is 0 Å². The molecule has 1 aromatic carbocycles. The first-order chi connectivity index (χ1) is 7.69. The number of rotatable bonds is 6. The van der Waals surface area contributed by atoms with E-state index < -0.39 is 0 Å². The van der Waals surface area contributed by atoms with Gasteiger partial charge in [0.15, 0.2) is 0 Å². The van der Waals surface area contributed by atoms with Crippen LogP contribution in [0.5, 0.6) is 0 Å². The number of aryl methyl sites for hydroxylation is 1. The van der Waals surface area contributed by atoms with Gasteiger partial charge in [0.1, 0.15) is 0 Å². The van der Waals surface area contributed by atoms with Gasteiger partial charge in [-0.25, -0.2) is 0 Å². The van der Waals surface area contributed by atoms with Crippen LogP contribution in [0, 0.1) is 6.92 Å². The molecule has 90 valence electrons. The Labute approximate surface area is 103 Å². The van der Waals surface area contributed by atoms with Crippen LogP contribution in [0.25, 0.3) is 0 Å². The molecule has 1 unspecified atom stereocenters. The van der Waals surface area contributed by atoms with E-state index in [4.69, 9.17) is 16.3 Å². The van der Waals surface area contributed by atoms with Crippen LogP contribution in [-0.2, 0) is 4.74 Å². The van der Waals surface area contributed by atoms with E-state index in [0.29, 0.717) is 6.04 Å². The molecule has 1 N–H and O–H groups in total. The highest BCUT2D eigenvalue weighted by Crippen LogP contribution is 2.23. The van der Waals surface area contributed by atoms with Crippen molar-refractivity contribution in [2.24, 2.45) is 0 Å². The molecule has 2 nitrogen and oxygen atoms in total. The number of hydrogen-bond acceptors (Lipinski definition) is 2. The molecule has 0 saturated heterocycles. The van der Waals surface area contributed by atoms with E-state index in [2.05, 4.69) is 17.4 Å². The van der Waals surface area contributed by atoms with Crippen LogP contribution < -0.4 is 5.32 Å². The second-order valence-corrected chi connectivity index (χ2v) is 4.39. The van der Waals surface area contributed by atoms with E-state index in [-0.39, 0.29) is 0 Å². The summed E-state index contributed by atoms with van der Waals surface area (Å²) in [6.45, 7) is 2.82. The molecule has 0 aliphatic carbocycles. The third kappa shape index (κ3) is 3.78. The Balaban J connectivity index is 2.67. The lowest BCUT2D eigenvalue weighted by Gasteiger charge is -2.17. The maximum absolute atomic E-state index is 6.12. The van der Waals surface area contributed by atoms with Crippen LogP contribution >= 0.6 is 11.6 Å². The third-order valence-corrected chi connectivity index (χ3v) is 3.20. The molecule has 0 radical (unpaired) electrons. The molecule has 1 atom stereocenters. The summed E-state index contributed by atoms with van der Waals surface area (Å²) in [5.41, 5.74) is 2.37. The van der Waals surface area contributed by atoms with Crippen molar-refractivity contribution in [2.75, 3.05) is 20.8 Å². The van der Waals surface area contributed by atoms with Gasteiger partial charge in [-0.2, -0.15) is 0 Å². The molecule has 0 heterocycles. The lowest BCUT2D eigenvalue weighted by molar-refractivity contribution is 0.189. The van der Waals surface area contributed by atoms with Crippen LogP contribution in [0.3, 0.4) is 0 Å². The van der Waals surface area contributed by atoms with Crippen LogP contribution in [-0.4, -0.2) is 20.8 Å². The van der Waals surface area contributed by atoms with Crippen molar-refractivity contribution < 1.29 is 4.74 Å². The van der Waals surface area contributed by atoms with Gasteiger partial charge in [-0.1, -0.05) is 23.7 Å². The number of methoxy groups -OCH3 is 1. The predicted octanol–water partition coefficient (Wildman–Crippen LogP) is 3.34. The van der Waals surface area contributed by atoms with E-state index in [9.17, 15) is 0 Å². The summed E-state index contributed by atoms with van der Waals surface area (Å²) in [6.07, 6.45) is 2.11. The van der Waals surface area contributed by atoms with E-state index >= 15 is 0 Å². The Kier molecular flexibility index (Phi) is 5.81. The van der Waals surface area contributed by atoms with Gasteiger partial charge in [-0.3, -0.25) is 0 Å². The number of halogens is 1. The molecule has 0 amide bonds. The van der Waals surface area contributed by atoms with Gasteiger partial charge in [0.25, 0.3) is 0 Å². The van der Waals surface area contributed by atoms with E-state index in [1.807, 2.05) is 20.0 Å². The fraction of sp³-hybridized carbons (Fsp3) is 0.538. The topological polar surface area (TPSA) is 21.3 Å². The molecule has 0 aliphatic rings. The standard InChI is InChI=1S/C13H20ClNO/c1-10-6-7-11(9-12(10)14)13(15-2)5-4-8-16-3/h6-7,9,13,15H,4-5,8H2,1-3H3. The Morgan fingerprint density at radius 2 is 2.19 bits per heavy atom. The summed E-state index contributed by atoms with van der Waals surface area (Å²) in [5.74, 6) is 0. The molecule has 0 bridgehead atoms. The van der Waals surface area contributed by atoms with Gasteiger partial charge in [0, 0.05) is 24.8 Å². The summed E-state index contributed by atoms with van der Waals surface area (Å²) in [6, 6.07) is 6.60. The first-order valence-corrected chi connectivity index (χ1v) is 5.99. The number of ether oxygens (including phenoxy) is 1. The molecule has 1 aromatic rings. The summed E-state index contributed by atoms with van der Waals surface area (Å²) < 4.78 is 5.06. The van der Waals surface area contributed by atoms with Crippen molar-refractivity contribution >= 4 is 11.6 Å². The average Bonchev–Trinajstić information content (AvgIpc) is 2.29. The van der Waals surface area contributed by atoms with E-state index in [0.717, 1.165) is 30.0 Å². The van der Waals surface area contributed by atoms with Gasteiger partial charge in [-0.15, -0.1) is 0 Å². The smallest absolute Gasteiger partial charge is 0.0462 e. The Morgan fingerprint density at radius 3 is 2.75 bits per heavy atom. The number of benzene rings is 1. The lowest BCUT2D eigenvalue weighted by atomic mass is 10.0. The quantitative estimate of drug-likeness (QED) is 0.772. The summed E-state index contributed by atoms with van der Waals surface area (Å²) in [4.78, 5) is 0. The number of hydrogen-bond donors (Lipinski definition) is 1. The number of nitrogens with one attached hydrogen (secondary N) is 1. The van der Waals surface area contributed by atoms with Gasteiger partial charge in [-0.05, 0) is 44.0 Å². The molecule has 0 saturated carbocycles. The third-order valence-electron chi connectivity index (χ3n) is 2.79. The largest absolute Gasteiger partial charge is 0.385 e. The monoisotopic (exact) mass is 241 g/mol. The van der Waals surface area contributed by atoms with Crippen LogP contribution in [0.2, 0.25) is 5.02 Å². The van der Waals surface area contributed by atoms with Crippen molar-refractivity contribution in [3.63, 3.8) is 0 Å². The minimum Gasteiger partial charge on any atom is -0.385 e. The van der Waals surface area contributed by atoms with Crippen molar-refractivity contribution in [2.45, 2.75) is 25.8 Å². The maximum atomic E-state index is 6.12. The molecule has 1 rings (SSSR count). The van der Waals surface area contributed by atoms with Crippen molar-refractivity contribution in [1.82, 2.24) is 5.32 Å². The van der Waals surface area contributed by atoms with Gasteiger partial charge in [0.05, 0.1) is 0 Å². The summed E-state index contributed by atoms with van der Waals surface area (Å²) >= 11 is 6.12. The van der Waals surface area contributed by atoms with Gasteiger partial charge >= 0.3 is 0 Å². The highest BCUT2D eigenvalue weighted by atomic mass is 35.5. The van der Waals surface area contributed by atoms with Gasteiger partial charge in [0.2, 0.25) is 0 Å². The average molecular weight is 242 g/mol. The van der Waals surface area contributed by atoms with Crippen molar-refractivity contribution in [1.29, 1.82) is 0 Å². The second kappa shape index (κ2) is 6.89. The fourth-order valence-electron chi connectivity index (χ4n) is 1.74. The van der Waals surface area contributed by atoms with Crippen LogP contribution in [0.1, 0.15) is 30.0 Å². The van der Waals surface area contributed by atoms with Crippen molar-refractivity contribution in [3.05, 3.63) is 34.3 Å². The Bertz CT molecular complexity index is 328. The Morgan fingerprint density at radius 1 is 1.44 bits per heavy atom. The zero-order chi connectivity index (χ0) is 12.0. The Hall–Kier alpha value is -0.570. The fourth-order valence-corrected chi connectivity index (χ4v) is 1.92. The molecule has 0 spiro atoms. The van der Waals surface area contributed by atoms with E-state index in [1.165, 1.54) is 5.56 Å². The zero-order valence-corrected chi connectivity index (χ0v) is 11.0. The summed E-state index contributed by atoms with van der Waals surface area (Å²) in [5, 5.41) is 4.15. The molecular formula is C13H20ClNO. The molecule has 3 heteroatoms. The molecule has 16 heavy (non-hydrogen) atoms. The second-order valence-electron chi connectivity index (χ2n) is 3.98. The minimum atomic E-state index is 0.355. The highest BCUT2D eigenvalue weighted by Gasteiger charge is 2.09. The zero-order valence-electron chi connectivity index (χ0n) is 10.2. The van der Waals surface area contributed by atoms with Gasteiger partial charge < -0.3 is 10.1 Å². The maximum Gasteiger partial charge on any atom is 0.0462 e. The predicted molar refractivity (Wildman–Crippen MR) is 69.1 cm³/mol. The van der Waals surface area contributed by atoms with Crippen LogP contribution in [0.15, 0.2) is 18.2 Å². The normalized spacial score (nSPS) is 12.8. The molecule has 0 aromatic heterocycles. The molecule has 0 fully saturated rings. The SMILES string of the molecule is CNC(CCCOC)c1ccc(C)c(Cl)c1. The molecule has 0 aliphatic heterocycles. The summed E-state index contributed by atoms with van der Waals surface area (Å²) in [7, 11) is 3.71. The van der Waals surface area contributed by atoms with Crippen molar-refractivity contribution in [3.8, 4) is 0 Å². The molecular weight excluding hydrogens is 222 g/mol. The highest BCUT2D eigenvalue weighted by molar-refractivity contribution is 6.31. The first kappa shape index (κ1) is 13.5. The first-order valence-electron chi connectivity index (χ1n) is 5.61. The minimum absolute atomic E-state index is 0.355. The lowest BCUT2D eigenvalue weighted by Crippen LogP contribution is -2.16. The van der Waals surface area contributed by atoms with E-state index in [1.54, 1.807) is 7.11 Å².